The Morgan fingerprint density at radius 3 is 2.66 bits per heavy atom. The molecule has 3 aromatic rings. The van der Waals surface area contributed by atoms with Gasteiger partial charge in [-0.2, -0.15) is 0 Å². The molecule has 1 amide bonds. The fraction of sp³-hybridized carbons (Fsp3) is 0.273. The lowest BCUT2D eigenvalue weighted by Gasteiger charge is -2.16. The Morgan fingerprint density at radius 2 is 1.97 bits per heavy atom. The van der Waals surface area contributed by atoms with Gasteiger partial charge in [0.25, 0.3) is 0 Å². The normalized spacial score (nSPS) is 11.8. The summed E-state index contributed by atoms with van der Waals surface area (Å²) in [7, 11) is 0. The van der Waals surface area contributed by atoms with Gasteiger partial charge in [0.15, 0.2) is 34.4 Å². The first-order valence-corrected chi connectivity index (χ1v) is 10.9. The smallest absolute Gasteiger partial charge is 0.234 e. The molecule has 1 aromatic heterocycles. The number of thioether (sulfide) groups is 1. The van der Waals surface area contributed by atoms with Crippen LogP contribution in [0, 0.1) is 11.6 Å². The standard InChI is InChI=1S/C22H22F2N4O3S/c1-4-28-21(14(3)31-19-9-8-16(23)11-18(19)24)26-27-22(28)32-12-20(30)25-17-7-5-6-15(10-17)13(2)29/h5-11,14H,4,12H2,1-3H3,(H,25,30). The van der Waals surface area contributed by atoms with E-state index in [4.69, 9.17) is 4.74 Å². The molecule has 2 aromatic carbocycles. The van der Waals surface area contributed by atoms with Crippen molar-refractivity contribution in [3.8, 4) is 5.75 Å². The maximum absolute atomic E-state index is 13.9. The number of nitrogens with one attached hydrogen (secondary N) is 1. The average Bonchev–Trinajstić information content (AvgIpc) is 3.17. The minimum atomic E-state index is -0.806. The topological polar surface area (TPSA) is 86.1 Å². The molecule has 1 unspecified atom stereocenters. The second-order valence-corrected chi connectivity index (χ2v) is 7.84. The number of hydrogen-bond acceptors (Lipinski definition) is 6. The molecule has 0 saturated carbocycles. The zero-order valence-corrected chi connectivity index (χ0v) is 18.6. The van der Waals surface area contributed by atoms with Crippen LogP contribution >= 0.6 is 11.8 Å². The second kappa shape index (κ2) is 10.4. The first-order chi connectivity index (χ1) is 15.3. The van der Waals surface area contributed by atoms with Crippen LogP contribution in [-0.2, 0) is 11.3 Å². The monoisotopic (exact) mass is 460 g/mol. The van der Waals surface area contributed by atoms with E-state index in [0.717, 1.165) is 12.1 Å². The van der Waals surface area contributed by atoms with Crippen molar-refractivity contribution in [2.24, 2.45) is 0 Å². The summed E-state index contributed by atoms with van der Waals surface area (Å²) in [6, 6.07) is 9.78. The number of Topliss-reactive ketones (excluding diaryl/α,β-unsaturated/α-hetero) is 1. The highest BCUT2D eigenvalue weighted by Gasteiger charge is 2.20. The quantitative estimate of drug-likeness (QED) is 0.370. The van der Waals surface area contributed by atoms with Gasteiger partial charge >= 0.3 is 0 Å². The van der Waals surface area contributed by atoms with Gasteiger partial charge < -0.3 is 14.6 Å². The van der Waals surface area contributed by atoms with E-state index >= 15 is 0 Å². The third-order valence-electron chi connectivity index (χ3n) is 4.51. The van der Waals surface area contributed by atoms with Crippen molar-refractivity contribution in [2.45, 2.75) is 38.6 Å². The van der Waals surface area contributed by atoms with E-state index in [1.54, 1.807) is 35.8 Å². The maximum Gasteiger partial charge on any atom is 0.234 e. The Balaban J connectivity index is 1.64. The van der Waals surface area contributed by atoms with Gasteiger partial charge in [0, 0.05) is 23.9 Å². The molecule has 0 radical (unpaired) electrons. The van der Waals surface area contributed by atoms with Gasteiger partial charge in [-0.25, -0.2) is 8.78 Å². The zero-order chi connectivity index (χ0) is 23.3. The number of carbonyl (C=O) groups is 2. The lowest BCUT2D eigenvalue weighted by Crippen LogP contribution is -2.15. The summed E-state index contributed by atoms with van der Waals surface area (Å²) in [5, 5.41) is 11.5. The summed E-state index contributed by atoms with van der Waals surface area (Å²) in [6.07, 6.45) is -0.653. The van der Waals surface area contributed by atoms with E-state index in [9.17, 15) is 18.4 Å². The van der Waals surface area contributed by atoms with Crippen LogP contribution in [-0.4, -0.2) is 32.2 Å². The van der Waals surface area contributed by atoms with Crippen molar-refractivity contribution < 1.29 is 23.1 Å². The minimum absolute atomic E-state index is 0.0737. The molecule has 168 valence electrons. The van der Waals surface area contributed by atoms with E-state index in [0.29, 0.717) is 28.8 Å². The largest absolute Gasteiger partial charge is 0.480 e. The Labute approximate surface area is 188 Å². The third-order valence-corrected chi connectivity index (χ3v) is 5.47. The van der Waals surface area contributed by atoms with Gasteiger partial charge in [-0.05, 0) is 45.0 Å². The average molecular weight is 461 g/mol. The Hall–Kier alpha value is -3.27. The van der Waals surface area contributed by atoms with Gasteiger partial charge in [0.05, 0.1) is 5.75 Å². The van der Waals surface area contributed by atoms with Crippen LogP contribution in [0.1, 0.15) is 43.1 Å². The van der Waals surface area contributed by atoms with E-state index < -0.39 is 17.7 Å². The number of ketones is 1. The van der Waals surface area contributed by atoms with Crippen molar-refractivity contribution in [1.29, 1.82) is 0 Å². The van der Waals surface area contributed by atoms with Crippen molar-refractivity contribution >= 4 is 29.1 Å². The second-order valence-electron chi connectivity index (χ2n) is 6.89. The number of halogens is 2. The van der Waals surface area contributed by atoms with Gasteiger partial charge in [-0.3, -0.25) is 9.59 Å². The number of hydrogen-bond donors (Lipinski definition) is 1. The first-order valence-electron chi connectivity index (χ1n) is 9.87. The van der Waals surface area contributed by atoms with Crippen LogP contribution in [0.4, 0.5) is 14.5 Å². The molecule has 0 spiro atoms. The molecule has 1 atom stereocenters. The van der Waals surface area contributed by atoms with Crippen molar-refractivity contribution in [1.82, 2.24) is 14.8 Å². The van der Waals surface area contributed by atoms with E-state index in [-0.39, 0.29) is 23.2 Å². The summed E-state index contributed by atoms with van der Waals surface area (Å²) in [5.74, 6) is -1.41. The van der Waals surface area contributed by atoms with Gasteiger partial charge in [-0.1, -0.05) is 23.9 Å². The molecule has 0 aliphatic carbocycles. The van der Waals surface area contributed by atoms with Gasteiger partial charge in [0.2, 0.25) is 5.91 Å². The highest BCUT2D eigenvalue weighted by Crippen LogP contribution is 2.26. The van der Waals surface area contributed by atoms with Crippen molar-refractivity contribution in [2.75, 3.05) is 11.1 Å². The molecule has 10 heteroatoms. The van der Waals surface area contributed by atoms with E-state index in [1.807, 2.05) is 6.92 Å². The highest BCUT2D eigenvalue weighted by molar-refractivity contribution is 7.99. The van der Waals surface area contributed by atoms with Crippen LogP contribution in [0.5, 0.6) is 5.75 Å². The van der Waals surface area contributed by atoms with Crippen LogP contribution in [0.3, 0.4) is 0 Å². The van der Waals surface area contributed by atoms with Crippen molar-refractivity contribution in [3.63, 3.8) is 0 Å². The van der Waals surface area contributed by atoms with Gasteiger partial charge in [-0.15, -0.1) is 10.2 Å². The molecule has 1 heterocycles. The summed E-state index contributed by atoms with van der Waals surface area (Å²) in [6.45, 7) is 5.53. The predicted molar refractivity (Wildman–Crippen MR) is 117 cm³/mol. The molecule has 3 rings (SSSR count). The van der Waals surface area contributed by atoms with Gasteiger partial charge in [0.1, 0.15) is 5.82 Å². The lowest BCUT2D eigenvalue weighted by atomic mass is 10.1. The molecule has 0 aliphatic heterocycles. The van der Waals surface area contributed by atoms with Crippen LogP contribution in [0.15, 0.2) is 47.6 Å². The number of benzene rings is 2. The molecule has 0 aliphatic rings. The molecular weight excluding hydrogens is 438 g/mol. The Kier molecular flexibility index (Phi) is 7.57. The van der Waals surface area contributed by atoms with E-state index in [1.165, 1.54) is 24.8 Å². The SMILES string of the molecule is CCn1c(SCC(=O)Nc2cccc(C(C)=O)c2)nnc1C(C)Oc1ccc(F)cc1F. The number of carbonyl (C=O) groups excluding carboxylic acids is 2. The molecule has 0 bridgehead atoms. The Morgan fingerprint density at radius 1 is 1.19 bits per heavy atom. The van der Waals surface area contributed by atoms with Crippen LogP contribution in [0.2, 0.25) is 0 Å². The molecule has 0 fully saturated rings. The summed E-state index contributed by atoms with van der Waals surface area (Å²) in [4.78, 5) is 23.8. The molecule has 7 nitrogen and oxygen atoms in total. The molecule has 1 N–H and O–H groups in total. The lowest BCUT2D eigenvalue weighted by molar-refractivity contribution is -0.113. The van der Waals surface area contributed by atoms with Crippen LogP contribution in [0.25, 0.3) is 0 Å². The summed E-state index contributed by atoms with van der Waals surface area (Å²) in [5.41, 5.74) is 1.04. The third kappa shape index (κ3) is 5.70. The maximum atomic E-state index is 13.9. The number of nitrogens with zero attached hydrogens (tertiary/aromatic N) is 3. The summed E-state index contributed by atoms with van der Waals surface area (Å²) >= 11 is 1.19. The molecule has 32 heavy (non-hydrogen) atoms. The fourth-order valence-electron chi connectivity index (χ4n) is 2.96. The van der Waals surface area contributed by atoms with Crippen LogP contribution < -0.4 is 10.1 Å². The minimum Gasteiger partial charge on any atom is -0.480 e. The van der Waals surface area contributed by atoms with Crippen molar-refractivity contribution in [3.05, 3.63) is 65.5 Å². The zero-order valence-electron chi connectivity index (χ0n) is 17.8. The fourth-order valence-corrected chi connectivity index (χ4v) is 3.77. The molecule has 0 saturated heterocycles. The number of anilines is 1. The molecular formula is C22H22F2N4O3S. The van der Waals surface area contributed by atoms with E-state index in [2.05, 4.69) is 15.5 Å². The Bertz CT molecular complexity index is 1140. The number of amides is 1. The number of aromatic nitrogens is 3. The highest BCUT2D eigenvalue weighted by atomic mass is 32.2. The predicted octanol–water partition coefficient (Wildman–Crippen LogP) is 4.65. The number of ether oxygens (including phenoxy) is 1. The summed E-state index contributed by atoms with van der Waals surface area (Å²) < 4.78 is 34.4. The number of rotatable bonds is 9. The first kappa shape index (κ1) is 23.4.